The van der Waals surface area contributed by atoms with Gasteiger partial charge in [0.2, 0.25) is 5.91 Å². The molecule has 0 aliphatic carbocycles. The van der Waals surface area contributed by atoms with Crippen LogP contribution in [0.3, 0.4) is 0 Å². The van der Waals surface area contributed by atoms with Crippen LogP contribution in [0.1, 0.15) is 24.8 Å². The molecule has 4 heteroatoms. The van der Waals surface area contributed by atoms with Crippen LogP contribution < -0.4 is 10.6 Å². The van der Waals surface area contributed by atoms with Gasteiger partial charge in [-0.25, -0.2) is 0 Å². The minimum atomic E-state index is 0.0992. The Kier molecular flexibility index (Phi) is 4.02. The Morgan fingerprint density at radius 2 is 2.20 bits per heavy atom. The number of piperidine rings is 1. The van der Waals surface area contributed by atoms with E-state index in [9.17, 15) is 4.79 Å². The summed E-state index contributed by atoms with van der Waals surface area (Å²) in [6.07, 6.45) is 6.04. The van der Waals surface area contributed by atoms with Crippen molar-refractivity contribution in [2.24, 2.45) is 0 Å². The van der Waals surface area contributed by atoms with Crippen molar-refractivity contribution in [2.75, 3.05) is 13.1 Å². The van der Waals surface area contributed by atoms with Gasteiger partial charge in [0, 0.05) is 29.7 Å². The van der Waals surface area contributed by atoms with E-state index in [1.54, 1.807) is 0 Å². The summed E-state index contributed by atoms with van der Waals surface area (Å²) in [5.74, 6) is 0.0992. The number of carbonyl (C=O) groups is 1. The van der Waals surface area contributed by atoms with Crippen molar-refractivity contribution >= 4 is 16.8 Å². The number of amides is 1. The van der Waals surface area contributed by atoms with E-state index in [1.165, 1.54) is 12.8 Å². The van der Waals surface area contributed by atoms with Crippen LogP contribution in [-0.4, -0.2) is 30.0 Å². The highest BCUT2D eigenvalue weighted by Gasteiger charge is 2.14. The third kappa shape index (κ3) is 3.02. The minimum absolute atomic E-state index is 0.0992. The Morgan fingerprint density at radius 1 is 1.30 bits per heavy atom. The average Bonchev–Trinajstić information content (AvgIpc) is 2.90. The molecular weight excluding hydrogens is 250 g/mol. The van der Waals surface area contributed by atoms with Gasteiger partial charge >= 0.3 is 0 Å². The standard InChI is InChI=1S/C16H21N3O/c20-16(19-11-13-5-3-4-8-17-13)9-12-10-18-15-7-2-1-6-14(12)15/h1-2,6-7,10,13,17-18H,3-5,8-9,11H2,(H,19,20). The number of rotatable bonds is 4. The second-order valence-corrected chi connectivity index (χ2v) is 5.49. The molecule has 0 spiro atoms. The lowest BCUT2D eigenvalue weighted by Gasteiger charge is -2.23. The van der Waals surface area contributed by atoms with E-state index in [2.05, 4.69) is 21.7 Å². The molecule has 1 fully saturated rings. The molecule has 3 rings (SSSR count). The van der Waals surface area contributed by atoms with Crippen molar-refractivity contribution in [3.05, 3.63) is 36.0 Å². The second-order valence-electron chi connectivity index (χ2n) is 5.49. The summed E-state index contributed by atoms with van der Waals surface area (Å²) in [6, 6.07) is 8.52. The zero-order valence-corrected chi connectivity index (χ0v) is 11.6. The molecule has 1 atom stereocenters. The Balaban J connectivity index is 1.55. The van der Waals surface area contributed by atoms with Crippen molar-refractivity contribution < 1.29 is 4.79 Å². The van der Waals surface area contributed by atoms with E-state index >= 15 is 0 Å². The molecule has 20 heavy (non-hydrogen) atoms. The molecule has 4 nitrogen and oxygen atoms in total. The van der Waals surface area contributed by atoms with Gasteiger partial charge in [-0.15, -0.1) is 0 Å². The van der Waals surface area contributed by atoms with E-state index in [-0.39, 0.29) is 5.91 Å². The third-order valence-corrected chi connectivity index (χ3v) is 3.98. The highest BCUT2D eigenvalue weighted by Crippen LogP contribution is 2.17. The van der Waals surface area contributed by atoms with Gasteiger partial charge in [0.15, 0.2) is 0 Å². The highest BCUT2D eigenvalue weighted by molar-refractivity contribution is 5.88. The molecule has 2 heterocycles. The lowest BCUT2D eigenvalue weighted by atomic mass is 10.0. The van der Waals surface area contributed by atoms with E-state index < -0.39 is 0 Å². The highest BCUT2D eigenvalue weighted by atomic mass is 16.1. The van der Waals surface area contributed by atoms with Crippen LogP contribution >= 0.6 is 0 Å². The monoisotopic (exact) mass is 271 g/mol. The first-order valence-corrected chi connectivity index (χ1v) is 7.38. The number of nitrogens with one attached hydrogen (secondary N) is 3. The summed E-state index contributed by atoms with van der Waals surface area (Å²) in [6.45, 7) is 1.81. The minimum Gasteiger partial charge on any atom is -0.361 e. The quantitative estimate of drug-likeness (QED) is 0.796. The zero-order valence-electron chi connectivity index (χ0n) is 11.6. The topological polar surface area (TPSA) is 56.9 Å². The predicted octanol–water partition coefficient (Wildman–Crippen LogP) is 1.97. The number of para-hydroxylation sites is 1. The van der Waals surface area contributed by atoms with Gasteiger partial charge in [-0.05, 0) is 31.0 Å². The van der Waals surface area contributed by atoms with Crippen molar-refractivity contribution in [3.63, 3.8) is 0 Å². The SMILES string of the molecule is O=C(Cc1c[nH]c2ccccc12)NCC1CCCCN1. The van der Waals surface area contributed by atoms with Gasteiger partial charge in [0.25, 0.3) is 0 Å². The van der Waals surface area contributed by atoms with Crippen LogP contribution in [0.5, 0.6) is 0 Å². The van der Waals surface area contributed by atoms with Gasteiger partial charge in [0.1, 0.15) is 0 Å². The number of benzene rings is 1. The van der Waals surface area contributed by atoms with Crippen LogP contribution in [0.2, 0.25) is 0 Å². The van der Waals surface area contributed by atoms with Crippen LogP contribution in [0.25, 0.3) is 10.9 Å². The molecule has 1 aromatic carbocycles. The van der Waals surface area contributed by atoms with Crippen LogP contribution in [0.4, 0.5) is 0 Å². The molecule has 1 aliphatic heterocycles. The van der Waals surface area contributed by atoms with Crippen molar-refractivity contribution in [1.29, 1.82) is 0 Å². The number of carbonyl (C=O) groups excluding carboxylic acids is 1. The van der Waals surface area contributed by atoms with E-state index in [4.69, 9.17) is 0 Å². The fourth-order valence-corrected chi connectivity index (χ4v) is 2.85. The van der Waals surface area contributed by atoms with Crippen molar-refractivity contribution in [1.82, 2.24) is 15.6 Å². The Bertz CT molecular complexity index is 584. The number of aromatic amines is 1. The summed E-state index contributed by atoms with van der Waals surface area (Å²) in [7, 11) is 0. The largest absolute Gasteiger partial charge is 0.361 e. The molecule has 1 amide bonds. The maximum absolute atomic E-state index is 12.0. The lowest BCUT2D eigenvalue weighted by Crippen LogP contribution is -2.43. The Morgan fingerprint density at radius 3 is 3.05 bits per heavy atom. The molecule has 3 N–H and O–H groups in total. The first-order chi connectivity index (χ1) is 9.83. The third-order valence-electron chi connectivity index (χ3n) is 3.98. The molecule has 0 radical (unpaired) electrons. The molecule has 106 valence electrons. The maximum Gasteiger partial charge on any atom is 0.224 e. The number of aromatic nitrogens is 1. The summed E-state index contributed by atoms with van der Waals surface area (Å²) >= 11 is 0. The van der Waals surface area contributed by atoms with Crippen LogP contribution in [0.15, 0.2) is 30.5 Å². The molecule has 2 aromatic rings. The molecule has 0 bridgehead atoms. The Labute approximate surface area is 118 Å². The number of hydrogen-bond acceptors (Lipinski definition) is 2. The molecule has 1 aromatic heterocycles. The van der Waals surface area contributed by atoms with Crippen LogP contribution in [-0.2, 0) is 11.2 Å². The Hall–Kier alpha value is -1.81. The number of H-pyrrole nitrogens is 1. The molecule has 0 saturated carbocycles. The first-order valence-electron chi connectivity index (χ1n) is 7.38. The van der Waals surface area contributed by atoms with Gasteiger partial charge in [-0.3, -0.25) is 4.79 Å². The normalized spacial score (nSPS) is 19.1. The van der Waals surface area contributed by atoms with Crippen LogP contribution in [0, 0.1) is 0 Å². The fraction of sp³-hybridized carbons (Fsp3) is 0.438. The average molecular weight is 271 g/mol. The first kappa shape index (κ1) is 13.2. The smallest absolute Gasteiger partial charge is 0.224 e. The zero-order chi connectivity index (χ0) is 13.8. The van der Waals surface area contributed by atoms with E-state index in [0.717, 1.165) is 36.0 Å². The van der Waals surface area contributed by atoms with Crippen molar-refractivity contribution in [3.8, 4) is 0 Å². The lowest BCUT2D eigenvalue weighted by molar-refractivity contribution is -0.120. The summed E-state index contributed by atoms with van der Waals surface area (Å²) in [4.78, 5) is 15.3. The maximum atomic E-state index is 12.0. The van der Waals surface area contributed by atoms with Gasteiger partial charge in [0.05, 0.1) is 6.42 Å². The predicted molar refractivity (Wildman–Crippen MR) is 80.7 cm³/mol. The second kappa shape index (κ2) is 6.09. The molecular formula is C16H21N3O. The summed E-state index contributed by atoms with van der Waals surface area (Å²) < 4.78 is 0. The van der Waals surface area contributed by atoms with Gasteiger partial charge < -0.3 is 15.6 Å². The van der Waals surface area contributed by atoms with Crippen molar-refractivity contribution in [2.45, 2.75) is 31.7 Å². The molecule has 1 saturated heterocycles. The van der Waals surface area contributed by atoms with E-state index in [0.29, 0.717) is 12.5 Å². The number of fused-ring (bicyclic) bond motifs is 1. The summed E-state index contributed by atoms with van der Waals surface area (Å²) in [5.41, 5.74) is 2.15. The molecule has 1 unspecified atom stereocenters. The van der Waals surface area contributed by atoms with Gasteiger partial charge in [-0.1, -0.05) is 24.6 Å². The van der Waals surface area contributed by atoms with E-state index in [1.807, 2.05) is 24.4 Å². The molecule has 1 aliphatic rings. The number of hydrogen-bond donors (Lipinski definition) is 3. The fourth-order valence-electron chi connectivity index (χ4n) is 2.85. The van der Waals surface area contributed by atoms with Gasteiger partial charge in [-0.2, -0.15) is 0 Å². The summed E-state index contributed by atoms with van der Waals surface area (Å²) in [5, 5.41) is 7.62.